The van der Waals surface area contributed by atoms with Gasteiger partial charge in [0.15, 0.2) is 5.96 Å². The zero-order valence-corrected chi connectivity index (χ0v) is 17.9. The van der Waals surface area contributed by atoms with Crippen LogP contribution in [0.5, 0.6) is 0 Å². The third kappa shape index (κ3) is 4.71. The Morgan fingerprint density at radius 3 is 2.66 bits per heavy atom. The Balaban J connectivity index is 1.30. The summed E-state index contributed by atoms with van der Waals surface area (Å²) in [5.74, 6) is 3.43. The zero-order chi connectivity index (χ0) is 20.2. The molecule has 1 N–H and O–H groups in total. The second-order valence-electron chi connectivity index (χ2n) is 8.47. The predicted octanol–water partition coefficient (Wildman–Crippen LogP) is 2.62. The maximum atomic E-state index is 4.71. The molecule has 2 aromatic heterocycles. The number of aryl methyl sites for hydroxylation is 1. The lowest BCUT2D eigenvalue weighted by molar-refractivity contribution is 0.436. The molecule has 2 aromatic rings. The molecule has 0 saturated carbocycles. The molecule has 2 aliphatic heterocycles. The zero-order valence-electron chi connectivity index (χ0n) is 17.9. The van der Waals surface area contributed by atoms with Gasteiger partial charge < -0.3 is 15.1 Å². The number of nitrogens with zero attached hydrogens (tertiary/aromatic N) is 6. The lowest BCUT2D eigenvalue weighted by atomic mass is 9.99. The van der Waals surface area contributed by atoms with Crippen molar-refractivity contribution in [2.45, 2.75) is 38.6 Å². The number of anilines is 1. The predicted molar refractivity (Wildman–Crippen MR) is 117 cm³/mol. The number of guanidine groups is 1. The minimum atomic E-state index is 0.524. The summed E-state index contributed by atoms with van der Waals surface area (Å²) in [6, 6.07) is 4.34. The van der Waals surface area contributed by atoms with Crippen molar-refractivity contribution in [3.63, 3.8) is 0 Å². The average molecular weight is 396 g/mol. The molecule has 1 unspecified atom stereocenters. The highest BCUT2D eigenvalue weighted by molar-refractivity contribution is 5.80. The maximum Gasteiger partial charge on any atom is 0.193 e. The van der Waals surface area contributed by atoms with Crippen LogP contribution in [0.2, 0.25) is 0 Å². The first-order valence-corrected chi connectivity index (χ1v) is 10.8. The van der Waals surface area contributed by atoms with Gasteiger partial charge in [-0.05, 0) is 42.4 Å². The van der Waals surface area contributed by atoms with Gasteiger partial charge in [0.2, 0.25) is 0 Å². The number of rotatable bonds is 4. The monoisotopic (exact) mass is 395 g/mol. The minimum Gasteiger partial charge on any atom is -0.357 e. The summed E-state index contributed by atoms with van der Waals surface area (Å²) in [7, 11) is 3.83. The molecule has 7 nitrogen and oxygen atoms in total. The number of hydrogen-bond donors (Lipinski definition) is 1. The highest BCUT2D eigenvalue weighted by Crippen LogP contribution is 2.26. The van der Waals surface area contributed by atoms with Crippen molar-refractivity contribution < 1.29 is 0 Å². The van der Waals surface area contributed by atoms with Gasteiger partial charge in [0.1, 0.15) is 5.82 Å². The van der Waals surface area contributed by atoms with E-state index in [0.29, 0.717) is 5.92 Å². The van der Waals surface area contributed by atoms with Gasteiger partial charge in [0, 0.05) is 65.1 Å². The Kier molecular flexibility index (Phi) is 6.02. The second-order valence-corrected chi connectivity index (χ2v) is 8.47. The Morgan fingerprint density at radius 1 is 1.17 bits per heavy atom. The van der Waals surface area contributed by atoms with Crippen LogP contribution in [-0.4, -0.2) is 58.9 Å². The van der Waals surface area contributed by atoms with Crippen molar-refractivity contribution in [1.29, 1.82) is 0 Å². The summed E-state index contributed by atoms with van der Waals surface area (Å²) in [6.45, 7) is 7.31. The van der Waals surface area contributed by atoms with E-state index < -0.39 is 0 Å². The van der Waals surface area contributed by atoms with Gasteiger partial charge in [0.05, 0.1) is 6.20 Å². The fourth-order valence-corrected chi connectivity index (χ4v) is 4.34. The third-order valence-corrected chi connectivity index (χ3v) is 6.26. The van der Waals surface area contributed by atoms with E-state index in [2.05, 4.69) is 50.5 Å². The summed E-state index contributed by atoms with van der Waals surface area (Å²) >= 11 is 0. The smallest absolute Gasteiger partial charge is 0.193 e. The van der Waals surface area contributed by atoms with Crippen LogP contribution < -0.4 is 10.2 Å². The summed E-state index contributed by atoms with van der Waals surface area (Å²) in [6.07, 6.45) is 9.77. The van der Waals surface area contributed by atoms with Crippen LogP contribution in [0.1, 0.15) is 43.2 Å². The van der Waals surface area contributed by atoms with Gasteiger partial charge in [-0.15, -0.1) is 0 Å². The molecule has 156 valence electrons. The molecule has 0 aliphatic carbocycles. The molecule has 0 aromatic carbocycles. The van der Waals surface area contributed by atoms with Crippen molar-refractivity contribution >= 4 is 11.8 Å². The first kappa shape index (κ1) is 19.7. The Hall–Kier alpha value is -2.57. The van der Waals surface area contributed by atoms with Crippen LogP contribution in [0.3, 0.4) is 0 Å². The van der Waals surface area contributed by atoms with E-state index in [4.69, 9.17) is 4.98 Å². The van der Waals surface area contributed by atoms with Gasteiger partial charge in [-0.1, -0.05) is 13.0 Å². The standard InChI is InChI=1S/C22H33N7/c1-17-6-9-28(10-7-17)21-5-4-18(12-24-21)13-25-22(23-2)29-11-8-19(16-29)20-14-26-27(3)15-20/h4-5,12,14-15,17,19H,6-11,13,16H2,1-3H3,(H,23,25). The molecule has 7 heteroatoms. The van der Waals surface area contributed by atoms with Crippen LogP contribution in [0.4, 0.5) is 5.82 Å². The van der Waals surface area contributed by atoms with Gasteiger partial charge in [-0.3, -0.25) is 9.67 Å². The molecule has 2 fully saturated rings. The van der Waals surface area contributed by atoms with E-state index in [1.807, 2.05) is 31.2 Å². The van der Waals surface area contributed by atoms with E-state index in [1.165, 1.54) is 24.0 Å². The minimum absolute atomic E-state index is 0.524. The SMILES string of the molecule is CN=C(NCc1ccc(N2CCC(C)CC2)nc1)N1CCC(c2cnn(C)c2)C1. The number of pyridine rings is 1. The highest BCUT2D eigenvalue weighted by atomic mass is 15.3. The lowest BCUT2D eigenvalue weighted by Crippen LogP contribution is -2.39. The average Bonchev–Trinajstić information content (AvgIpc) is 3.39. The van der Waals surface area contributed by atoms with Crippen LogP contribution in [-0.2, 0) is 13.6 Å². The third-order valence-electron chi connectivity index (χ3n) is 6.26. The highest BCUT2D eigenvalue weighted by Gasteiger charge is 2.26. The molecule has 1 atom stereocenters. The molecule has 0 radical (unpaired) electrons. The van der Waals surface area contributed by atoms with Crippen molar-refractivity contribution in [3.05, 3.63) is 41.9 Å². The van der Waals surface area contributed by atoms with Crippen LogP contribution in [0, 0.1) is 5.92 Å². The quantitative estimate of drug-likeness (QED) is 0.637. The molecule has 0 amide bonds. The Labute approximate surface area is 173 Å². The fourth-order valence-electron chi connectivity index (χ4n) is 4.34. The van der Waals surface area contributed by atoms with Gasteiger partial charge in [0.25, 0.3) is 0 Å². The number of aromatic nitrogens is 3. The fraction of sp³-hybridized carbons (Fsp3) is 0.591. The van der Waals surface area contributed by atoms with Crippen LogP contribution in [0.15, 0.2) is 35.7 Å². The molecule has 29 heavy (non-hydrogen) atoms. The van der Waals surface area contributed by atoms with Crippen LogP contribution in [0.25, 0.3) is 0 Å². The molecule has 4 heterocycles. The summed E-state index contributed by atoms with van der Waals surface area (Å²) in [5, 5.41) is 7.82. The molecule has 4 rings (SSSR count). The first-order valence-electron chi connectivity index (χ1n) is 10.8. The first-order chi connectivity index (χ1) is 14.1. The lowest BCUT2D eigenvalue weighted by Gasteiger charge is -2.31. The van der Waals surface area contributed by atoms with Gasteiger partial charge in [-0.2, -0.15) is 5.10 Å². The number of piperidine rings is 1. The Morgan fingerprint density at radius 2 is 2.00 bits per heavy atom. The van der Waals surface area contributed by atoms with Gasteiger partial charge in [-0.25, -0.2) is 4.98 Å². The summed E-state index contributed by atoms with van der Waals surface area (Å²) in [5.41, 5.74) is 2.50. The molecule has 2 saturated heterocycles. The van der Waals surface area contributed by atoms with Crippen molar-refractivity contribution in [1.82, 2.24) is 25.0 Å². The number of hydrogen-bond acceptors (Lipinski definition) is 4. The number of nitrogens with one attached hydrogen (secondary N) is 1. The summed E-state index contributed by atoms with van der Waals surface area (Å²) in [4.78, 5) is 13.9. The van der Waals surface area contributed by atoms with E-state index in [-0.39, 0.29) is 0 Å². The molecule has 2 aliphatic rings. The largest absolute Gasteiger partial charge is 0.357 e. The topological polar surface area (TPSA) is 61.6 Å². The Bertz CT molecular complexity index is 818. The van der Waals surface area contributed by atoms with Crippen molar-refractivity contribution in [3.8, 4) is 0 Å². The molecular formula is C22H33N7. The normalized spacial score (nSPS) is 21.1. The second kappa shape index (κ2) is 8.84. The molecular weight excluding hydrogens is 362 g/mol. The van der Waals surface area contributed by atoms with E-state index in [1.54, 1.807) is 0 Å². The molecule has 0 bridgehead atoms. The summed E-state index contributed by atoms with van der Waals surface area (Å²) < 4.78 is 1.88. The van der Waals surface area contributed by atoms with E-state index in [9.17, 15) is 0 Å². The van der Waals surface area contributed by atoms with Crippen molar-refractivity contribution in [2.75, 3.05) is 38.1 Å². The van der Waals surface area contributed by atoms with Crippen LogP contribution >= 0.6 is 0 Å². The van der Waals surface area contributed by atoms with E-state index in [0.717, 1.165) is 56.8 Å². The van der Waals surface area contributed by atoms with E-state index >= 15 is 0 Å². The maximum absolute atomic E-state index is 4.71. The number of likely N-dealkylation sites (tertiary alicyclic amines) is 1. The molecule has 0 spiro atoms. The van der Waals surface area contributed by atoms with Crippen molar-refractivity contribution in [2.24, 2.45) is 18.0 Å². The van der Waals surface area contributed by atoms with Gasteiger partial charge >= 0.3 is 0 Å². The number of aliphatic imine (C=N–C) groups is 1.